The molecule has 0 aliphatic carbocycles. The number of hydrogen-bond acceptors (Lipinski definition) is 3. The lowest BCUT2D eigenvalue weighted by Crippen LogP contribution is -2.27. The number of rotatable bonds is 3. The predicted octanol–water partition coefficient (Wildman–Crippen LogP) is 1.92. The number of H-pyrrole nitrogens is 1. The molecule has 1 rings (SSSR count). The van der Waals surface area contributed by atoms with Crippen LogP contribution >= 0.6 is 0 Å². The van der Waals surface area contributed by atoms with Crippen LogP contribution in [0.2, 0.25) is 0 Å². The summed E-state index contributed by atoms with van der Waals surface area (Å²) in [6.07, 6.45) is -12.2. The third-order valence-electron chi connectivity index (χ3n) is 1.99. The van der Waals surface area contributed by atoms with Crippen molar-refractivity contribution < 1.29 is 41.0 Å². The van der Waals surface area contributed by atoms with E-state index in [1.807, 2.05) is 0 Å². The van der Waals surface area contributed by atoms with Crippen LogP contribution in [0.1, 0.15) is 11.1 Å². The van der Waals surface area contributed by atoms with E-state index in [0.717, 1.165) is 0 Å². The van der Waals surface area contributed by atoms with Gasteiger partial charge in [0.1, 0.15) is 5.56 Å². The number of hydrogen-bond donors (Lipinski definition) is 2. The zero-order chi connectivity index (χ0) is 15.7. The molecule has 0 aromatic carbocycles. The van der Waals surface area contributed by atoms with E-state index in [2.05, 4.69) is 4.74 Å². The van der Waals surface area contributed by atoms with Crippen molar-refractivity contribution in [1.29, 1.82) is 0 Å². The maximum absolute atomic E-state index is 12.7. The van der Waals surface area contributed by atoms with Crippen molar-refractivity contribution in [3.63, 3.8) is 0 Å². The van der Waals surface area contributed by atoms with Crippen molar-refractivity contribution in [2.75, 3.05) is 0 Å². The first-order valence-electron chi connectivity index (χ1n) is 4.71. The molecule has 2 N–H and O–H groups in total. The first-order chi connectivity index (χ1) is 8.92. The van der Waals surface area contributed by atoms with Gasteiger partial charge >= 0.3 is 18.5 Å². The highest BCUT2D eigenvalue weighted by atomic mass is 19.4. The second-order valence-electron chi connectivity index (χ2n) is 3.45. The van der Waals surface area contributed by atoms with Crippen LogP contribution in [-0.2, 0) is 17.4 Å². The minimum atomic E-state index is -5.43. The number of carboxylic acids is 1. The average Bonchev–Trinajstić information content (AvgIpc) is 2.18. The Bertz CT molecular complexity index is 573. The molecule has 0 aliphatic heterocycles. The van der Waals surface area contributed by atoms with Crippen LogP contribution in [0.5, 0.6) is 5.75 Å². The van der Waals surface area contributed by atoms with Crippen molar-refractivity contribution in [1.82, 2.24) is 4.98 Å². The van der Waals surface area contributed by atoms with Crippen LogP contribution in [0.25, 0.3) is 0 Å². The smallest absolute Gasteiger partial charge is 0.481 e. The predicted molar refractivity (Wildman–Crippen MR) is 50.1 cm³/mol. The molecule has 0 atom stereocenters. The van der Waals surface area contributed by atoms with Crippen molar-refractivity contribution in [3.8, 4) is 5.75 Å². The fourth-order valence-corrected chi connectivity index (χ4v) is 1.39. The molecule has 0 spiro atoms. The Morgan fingerprint density at radius 3 is 2.20 bits per heavy atom. The van der Waals surface area contributed by atoms with Crippen molar-refractivity contribution in [2.24, 2.45) is 0 Å². The zero-order valence-electron chi connectivity index (χ0n) is 9.22. The van der Waals surface area contributed by atoms with Gasteiger partial charge in [-0.15, -0.1) is 13.2 Å². The van der Waals surface area contributed by atoms with Crippen LogP contribution in [0.3, 0.4) is 0 Å². The molecule has 0 saturated heterocycles. The summed E-state index contributed by atoms with van der Waals surface area (Å²) in [5.74, 6) is -3.54. The molecule has 0 aliphatic rings. The topological polar surface area (TPSA) is 79.4 Å². The zero-order valence-corrected chi connectivity index (χ0v) is 9.22. The van der Waals surface area contributed by atoms with Crippen LogP contribution in [-0.4, -0.2) is 22.4 Å². The highest BCUT2D eigenvalue weighted by molar-refractivity contribution is 5.71. The van der Waals surface area contributed by atoms with Gasteiger partial charge < -0.3 is 14.8 Å². The average molecular weight is 305 g/mol. The number of alkyl halides is 6. The Morgan fingerprint density at radius 1 is 1.25 bits per heavy atom. The molecule has 0 bridgehead atoms. The fourth-order valence-electron chi connectivity index (χ4n) is 1.39. The van der Waals surface area contributed by atoms with E-state index in [9.17, 15) is 35.9 Å². The SMILES string of the molecule is O=C(O)Cc1c(C(F)(F)F)c(OC(F)(F)F)c[nH]c1=O. The summed E-state index contributed by atoms with van der Waals surface area (Å²) in [6.45, 7) is 0. The van der Waals surface area contributed by atoms with Gasteiger partial charge in [0.15, 0.2) is 5.75 Å². The van der Waals surface area contributed by atoms with Crippen LogP contribution in [0, 0.1) is 0 Å². The first kappa shape index (κ1) is 15.9. The normalized spacial score (nSPS) is 12.3. The van der Waals surface area contributed by atoms with Crippen molar-refractivity contribution in [3.05, 3.63) is 27.7 Å². The second-order valence-corrected chi connectivity index (χ2v) is 3.45. The van der Waals surface area contributed by atoms with E-state index in [4.69, 9.17) is 5.11 Å². The summed E-state index contributed by atoms with van der Waals surface area (Å²) in [6, 6.07) is 0. The summed E-state index contributed by atoms with van der Waals surface area (Å²) in [5.41, 5.74) is -4.90. The number of carbonyl (C=O) groups is 1. The number of aromatic nitrogens is 1. The molecule has 0 radical (unpaired) electrons. The standard InChI is InChI=1S/C9H5F6NO4/c10-8(11,12)6-3(1-5(17)18)7(19)16-2-4(6)20-9(13,14)15/h2H,1H2,(H,16,19)(H,17,18). The Kier molecular flexibility index (Phi) is 4.01. The van der Waals surface area contributed by atoms with E-state index < -0.39 is 47.4 Å². The maximum atomic E-state index is 12.7. The summed E-state index contributed by atoms with van der Waals surface area (Å²) in [4.78, 5) is 23.2. The van der Waals surface area contributed by atoms with Gasteiger partial charge in [0.05, 0.1) is 6.42 Å². The molecular formula is C9H5F6NO4. The number of nitrogens with one attached hydrogen (secondary N) is 1. The van der Waals surface area contributed by atoms with Crippen molar-refractivity contribution >= 4 is 5.97 Å². The van der Waals surface area contributed by atoms with Gasteiger partial charge in [0.25, 0.3) is 5.56 Å². The molecule has 0 fully saturated rings. The third-order valence-corrected chi connectivity index (χ3v) is 1.99. The van der Waals surface area contributed by atoms with E-state index in [1.54, 1.807) is 4.98 Å². The Balaban J connectivity index is 3.54. The molecule has 112 valence electrons. The van der Waals surface area contributed by atoms with Gasteiger partial charge in [-0.1, -0.05) is 0 Å². The largest absolute Gasteiger partial charge is 0.573 e. The lowest BCUT2D eigenvalue weighted by Gasteiger charge is -2.17. The molecule has 1 heterocycles. The number of pyridine rings is 1. The lowest BCUT2D eigenvalue weighted by atomic mass is 10.1. The van der Waals surface area contributed by atoms with E-state index >= 15 is 0 Å². The molecule has 0 unspecified atom stereocenters. The minimum absolute atomic E-state index is 0.0734. The third kappa shape index (κ3) is 3.90. The number of aromatic amines is 1. The van der Waals surface area contributed by atoms with Gasteiger partial charge in [0, 0.05) is 11.8 Å². The Morgan fingerprint density at radius 2 is 1.80 bits per heavy atom. The molecular weight excluding hydrogens is 300 g/mol. The number of ether oxygens (including phenoxy) is 1. The van der Waals surface area contributed by atoms with Gasteiger partial charge in [-0.3, -0.25) is 9.59 Å². The quantitative estimate of drug-likeness (QED) is 0.836. The summed E-state index contributed by atoms with van der Waals surface area (Å²) >= 11 is 0. The number of carboxylic acid groups (broad SMARTS) is 1. The van der Waals surface area contributed by atoms with Crippen LogP contribution in [0.4, 0.5) is 26.3 Å². The molecule has 11 heteroatoms. The van der Waals surface area contributed by atoms with Gasteiger partial charge in [0.2, 0.25) is 0 Å². The van der Waals surface area contributed by atoms with E-state index in [1.165, 1.54) is 0 Å². The van der Waals surface area contributed by atoms with Crippen LogP contribution < -0.4 is 10.3 Å². The fraction of sp³-hybridized carbons (Fsp3) is 0.333. The van der Waals surface area contributed by atoms with Crippen LogP contribution in [0.15, 0.2) is 11.0 Å². The molecule has 20 heavy (non-hydrogen) atoms. The highest BCUT2D eigenvalue weighted by Crippen LogP contribution is 2.39. The summed E-state index contributed by atoms with van der Waals surface area (Å²) < 4.78 is 77.3. The van der Waals surface area contributed by atoms with Gasteiger partial charge in [-0.25, -0.2) is 0 Å². The monoisotopic (exact) mass is 305 g/mol. The number of halogens is 6. The minimum Gasteiger partial charge on any atom is -0.481 e. The Hall–Kier alpha value is -2.20. The number of aliphatic carboxylic acids is 1. The molecule has 1 aromatic rings. The van der Waals surface area contributed by atoms with Gasteiger partial charge in [-0.2, -0.15) is 13.2 Å². The lowest BCUT2D eigenvalue weighted by molar-refractivity contribution is -0.276. The van der Waals surface area contributed by atoms with Crippen molar-refractivity contribution in [2.45, 2.75) is 19.0 Å². The van der Waals surface area contributed by atoms with Gasteiger partial charge in [-0.05, 0) is 0 Å². The van der Waals surface area contributed by atoms with E-state index in [-0.39, 0.29) is 6.20 Å². The Labute approximate surface area is 105 Å². The molecule has 5 nitrogen and oxygen atoms in total. The maximum Gasteiger partial charge on any atom is 0.573 e. The highest BCUT2D eigenvalue weighted by Gasteiger charge is 2.42. The molecule has 1 aromatic heterocycles. The summed E-state index contributed by atoms with van der Waals surface area (Å²) in [7, 11) is 0. The van der Waals surface area contributed by atoms with E-state index in [0.29, 0.717) is 0 Å². The summed E-state index contributed by atoms with van der Waals surface area (Å²) in [5, 5.41) is 8.42. The molecule has 0 amide bonds. The first-order valence-corrected chi connectivity index (χ1v) is 4.71. The molecule has 0 saturated carbocycles. The second kappa shape index (κ2) is 5.06.